The van der Waals surface area contributed by atoms with E-state index in [4.69, 9.17) is 21.8 Å². The predicted molar refractivity (Wildman–Crippen MR) is 67.4 cm³/mol. The Morgan fingerprint density at radius 2 is 2.24 bits per heavy atom. The van der Waals surface area contributed by atoms with Crippen molar-refractivity contribution < 1.29 is 15.1 Å². The second-order valence-electron chi connectivity index (χ2n) is 3.38. The Labute approximate surface area is 108 Å². The van der Waals surface area contributed by atoms with E-state index in [0.29, 0.717) is 16.5 Å². The van der Waals surface area contributed by atoms with Crippen LogP contribution in [0.4, 0.5) is 5.69 Å². The van der Waals surface area contributed by atoms with Gasteiger partial charge in [0.2, 0.25) is 0 Å². The summed E-state index contributed by atoms with van der Waals surface area (Å²) in [5, 5.41) is 28.6. The molecule has 0 aromatic heterocycles. The molecule has 0 saturated heterocycles. The van der Waals surface area contributed by atoms with Gasteiger partial charge in [0, 0.05) is 23.6 Å². The molecule has 1 aromatic carbocycles. The molecule has 1 unspecified atom stereocenters. The largest absolute Gasteiger partial charge is 0.394 e. The Bertz CT molecular complexity index is 402. The van der Waals surface area contributed by atoms with Gasteiger partial charge in [-0.25, -0.2) is 0 Å². The fourth-order valence-corrected chi connectivity index (χ4v) is 2.41. The number of benzene rings is 1. The highest BCUT2D eigenvalue weighted by Crippen LogP contribution is 2.25. The summed E-state index contributed by atoms with van der Waals surface area (Å²) >= 11 is 7.30. The number of non-ortho nitro benzene ring substituents is 1. The first-order valence-electron chi connectivity index (χ1n) is 4.84. The van der Waals surface area contributed by atoms with Crippen molar-refractivity contribution in [1.82, 2.24) is 0 Å². The van der Waals surface area contributed by atoms with Crippen LogP contribution in [-0.2, 0) is 5.75 Å². The zero-order chi connectivity index (χ0) is 12.8. The zero-order valence-electron chi connectivity index (χ0n) is 8.88. The van der Waals surface area contributed by atoms with Crippen molar-refractivity contribution in [2.45, 2.75) is 11.9 Å². The summed E-state index contributed by atoms with van der Waals surface area (Å²) in [6.45, 7) is -0.277. The minimum atomic E-state index is -0.753. The van der Waals surface area contributed by atoms with Crippen molar-refractivity contribution in [3.05, 3.63) is 38.9 Å². The van der Waals surface area contributed by atoms with E-state index in [2.05, 4.69) is 0 Å². The molecule has 1 rings (SSSR count). The van der Waals surface area contributed by atoms with Gasteiger partial charge in [-0.15, -0.1) is 0 Å². The lowest BCUT2D eigenvalue weighted by Gasteiger charge is -2.07. The fraction of sp³-hybridized carbons (Fsp3) is 0.400. The lowest BCUT2D eigenvalue weighted by atomic mass is 10.2. The molecule has 1 atom stereocenters. The van der Waals surface area contributed by atoms with E-state index in [1.807, 2.05) is 0 Å². The molecule has 7 heteroatoms. The summed E-state index contributed by atoms with van der Waals surface area (Å²) in [6, 6.07) is 4.29. The number of thioether (sulfide) groups is 1. The molecule has 0 heterocycles. The van der Waals surface area contributed by atoms with Gasteiger partial charge in [-0.05, 0) is 11.6 Å². The van der Waals surface area contributed by atoms with E-state index < -0.39 is 11.0 Å². The van der Waals surface area contributed by atoms with Crippen molar-refractivity contribution >= 4 is 29.1 Å². The monoisotopic (exact) mass is 277 g/mol. The van der Waals surface area contributed by atoms with E-state index in [1.165, 1.54) is 23.9 Å². The van der Waals surface area contributed by atoms with Crippen LogP contribution in [0.3, 0.4) is 0 Å². The number of aliphatic hydroxyl groups excluding tert-OH is 2. The molecule has 0 amide bonds. The molecule has 0 aliphatic rings. The van der Waals surface area contributed by atoms with Crippen LogP contribution in [0.1, 0.15) is 5.56 Å². The standard InChI is InChI=1S/C10H12ClNO4S/c11-10-3-8(12(15)16)2-1-7(10)5-17-6-9(14)4-13/h1-3,9,13-14H,4-6H2. The number of hydrogen-bond donors (Lipinski definition) is 2. The average molecular weight is 278 g/mol. The first-order chi connectivity index (χ1) is 8.04. The highest BCUT2D eigenvalue weighted by atomic mass is 35.5. The Kier molecular flexibility index (Phi) is 5.70. The van der Waals surface area contributed by atoms with Gasteiger partial charge in [-0.2, -0.15) is 11.8 Å². The van der Waals surface area contributed by atoms with Crippen LogP contribution < -0.4 is 0 Å². The molecule has 0 bridgehead atoms. The average Bonchev–Trinajstić information content (AvgIpc) is 2.30. The normalized spacial score (nSPS) is 12.4. The van der Waals surface area contributed by atoms with Crippen molar-refractivity contribution in [2.24, 2.45) is 0 Å². The summed E-state index contributed by atoms with van der Waals surface area (Å²) in [4.78, 5) is 9.99. The number of halogens is 1. The molecule has 94 valence electrons. The predicted octanol–water partition coefficient (Wildman–Crippen LogP) is 1.83. The van der Waals surface area contributed by atoms with Gasteiger partial charge in [0.05, 0.1) is 22.7 Å². The number of rotatable bonds is 6. The molecule has 5 nitrogen and oxygen atoms in total. The van der Waals surface area contributed by atoms with Crippen LogP contribution in [0.15, 0.2) is 18.2 Å². The molecule has 1 aromatic rings. The number of aliphatic hydroxyl groups is 2. The molecule has 2 N–H and O–H groups in total. The molecule has 0 spiro atoms. The Hall–Kier alpha value is -0.820. The lowest BCUT2D eigenvalue weighted by molar-refractivity contribution is -0.384. The van der Waals surface area contributed by atoms with Crippen LogP contribution in [0, 0.1) is 10.1 Å². The fourth-order valence-electron chi connectivity index (χ4n) is 1.12. The van der Waals surface area contributed by atoms with Crippen LogP contribution in [0.5, 0.6) is 0 Å². The van der Waals surface area contributed by atoms with E-state index >= 15 is 0 Å². The number of nitrogens with zero attached hydrogens (tertiary/aromatic N) is 1. The van der Waals surface area contributed by atoms with Crippen LogP contribution in [0.2, 0.25) is 5.02 Å². The zero-order valence-corrected chi connectivity index (χ0v) is 10.4. The minimum absolute atomic E-state index is 0.0425. The second-order valence-corrected chi connectivity index (χ2v) is 4.82. The minimum Gasteiger partial charge on any atom is -0.394 e. The molecular weight excluding hydrogens is 266 g/mol. The molecule has 0 radical (unpaired) electrons. The summed E-state index contributed by atoms with van der Waals surface area (Å²) in [5.41, 5.74) is 0.728. The quantitative estimate of drug-likeness (QED) is 0.612. The van der Waals surface area contributed by atoms with Gasteiger partial charge in [0.15, 0.2) is 0 Å². The summed E-state index contributed by atoms with van der Waals surface area (Å²) in [5.74, 6) is 0.928. The van der Waals surface area contributed by atoms with Crippen molar-refractivity contribution in [2.75, 3.05) is 12.4 Å². The third-order valence-corrected chi connectivity index (χ3v) is 3.51. The van der Waals surface area contributed by atoms with E-state index in [-0.39, 0.29) is 12.3 Å². The lowest BCUT2D eigenvalue weighted by Crippen LogP contribution is -2.14. The highest BCUT2D eigenvalue weighted by molar-refractivity contribution is 7.98. The van der Waals surface area contributed by atoms with Crippen LogP contribution >= 0.6 is 23.4 Å². The number of nitro benzene ring substituents is 1. The maximum atomic E-state index is 10.5. The second kappa shape index (κ2) is 6.80. The topological polar surface area (TPSA) is 83.6 Å². The first kappa shape index (κ1) is 14.2. The summed E-state index contributed by atoms with van der Waals surface area (Å²) in [6.07, 6.45) is -0.753. The molecule has 0 aliphatic carbocycles. The molecule has 0 aliphatic heterocycles. The summed E-state index contributed by atoms with van der Waals surface area (Å²) in [7, 11) is 0. The Morgan fingerprint density at radius 3 is 2.76 bits per heavy atom. The van der Waals surface area contributed by atoms with Gasteiger partial charge in [0.25, 0.3) is 5.69 Å². The van der Waals surface area contributed by atoms with Crippen molar-refractivity contribution in [3.63, 3.8) is 0 Å². The van der Waals surface area contributed by atoms with E-state index in [0.717, 1.165) is 5.56 Å². The highest BCUT2D eigenvalue weighted by Gasteiger charge is 2.10. The molecular formula is C10H12ClNO4S. The number of nitro groups is 1. The molecule has 17 heavy (non-hydrogen) atoms. The molecule has 0 saturated carbocycles. The number of hydrogen-bond acceptors (Lipinski definition) is 5. The van der Waals surface area contributed by atoms with Gasteiger partial charge < -0.3 is 10.2 Å². The smallest absolute Gasteiger partial charge is 0.270 e. The molecule has 0 fully saturated rings. The van der Waals surface area contributed by atoms with Gasteiger partial charge in [-0.3, -0.25) is 10.1 Å². The SMILES string of the molecule is O=[N+]([O-])c1ccc(CSCC(O)CO)c(Cl)c1. The Balaban J connectivity index is 2.57. The van der Waals surface area contributed by atoms with Gasteiger partial charge in [0.1, 0.15) is 0 Å². The van der Waals surface area contributed by atoms with Gasteiger partial charge in [-0.1, -0.05) is 11.6 Å². The maximum absolute atomic E-state index is 10.5. The Morgan fingerprint density at radius 1 is 1.53 bits per heavy atom. The summed E-state index contributed by atoms with van der Waals surface area (Å²) < 4.78 is 0. The van der Waals surface area contributed by atoms with Crippen LogP contribution in [-0.4, -0.2) is 33.6 Å². The maximum Gasteiger partial charge on any atom is 0.270 e. The third kappa shape index (κ3) is 4.51. The van der Waals surface area contributed by atoms with E-state index in [9.17, 15) is 10.1 Å². The van der Waals surface area contributed by atoms with E-state index in [1.54, 1.807) is 6.07 Å². The third-order valence-electron chi connectivity index (χ3n) is 2.03. The van der Waals surface area contributed by atoms with Crippen LogP contribution in [0.25, 0.3) is 0 Å². The van der Waals surface area contributed by atoms with Gasteiger partial charge >= 0.3 is 0 Å². The van der Waals surface area contributed by atoms with Crippen molar-refractivity contribution in [3.8, 4) is 0 Å². The first-order valence-corrected chi connectivity index (χ1v) is 6.37. The van der Waals surface area contributed by atoms with Crippen molar-refractivity contribution in [1.29, 1.82) is 0 Å².